The monoisotopic (exact) mass is 602 g/mol. The van der Waals surface area contributed by atoms with E-state index in [0.29, 0.717) is 71.8 Å². The lowest BCUT2D eigenvalue weighted by molar-refractivity contribution is -0.122. The largest absolute Gasteiger partial charge is 0.471 e. The first-order chi connectivity index (χ1) is 20.4. The van der Waals surface area contributed by atoms with Crippen molar-refractivity contribution in [3.05, 3.63) is 65.2 Å². The van der Waals surface area contributed by atoms with Crippen molar-refractivity contribution in [3.8, 4) is 11.8 Å². The molecule has 2 aromatic carbocycles. The van der Waals surface area contributed by atoms with Crippen molar-refractivity contribution in [3.63, 3.8) is 0 Å². The summed E-state index contributed by atoms with van der Waals surface area (Å²) in [4.78, 5) is 36.3. The third-order valence-corrected chi connectivity index (χ3v) is 7.21. The Morgan fingerprint density at radius 1 is 0.857 bits per heavy atom. The fourth-order valence-electron chi connectivity index (χ4n) is 4.06. The minimum Gasteiger partial charge on any atom is -0.377 e. The van der Waals surface area contributed by atoms with E-state index in [0.717, 1.165) is 29.5 Å². The van der Waals surface area contributed by atoms with E-state index < -0.39 is 7.82 Å². The van der Waals surface area contributed by atoms with E-state index in [1.54, 1.807) is 4.90 Å². The van der Waals surface area contributed by atoms with Gasteiger partial charge >= 0.3 is 7.82 Å². The molecule has 0 aromatic heterocycles. The summed E-state index contributed by atoms with van der Waals surface area (Å²) in [7, 11) is -2.88. The van der Waals surface area contributed by atoms with Crippen LogP contribution in [0, 0.1) is 11.8 Å². The number of unbranched alkanes of at least 4 members (excludes halogenated alkanes) is 1. The molecular formula is C30H39N2O9P. The van der Waals surface area contributed by atoms with E-state index in [4.69, 9.17) is 19.1 Å². The van der Waals surface area contributed by atoms with Crippen LogP contribution < -0.4 is 10.2 Å². The summed E-state index contributed by atoms with van der Waals surface area (Å²) in [5, 5.41) is 2.83. The van der Waals surface area contributed by atoms with E-state index in [1.807, 2.05) is 48.5 Å². The maximum Gasteiger partial charge on any atom is 0.471 e. The van der Waals surface area contributed by atoms with Crippen molar-refractivity contribution in [2.45, 2.75) is 32.2 Å². The predicted molar refractivity (Wildman–Crippen MR) is 157 cm³/mol. The normalized spacial score (nSPS) is 13.5. The van der Waals surface area contributed by atoms with Crippen molar-refractivity contribution in [2.75, 3.05) is 64.8 Å². The van der Waals surface area contributed by atoms with Crippen molar-refractivity contribution in [1.82, 2.24) is 5.32 Å². The molecule has 1 aliphatic heterocycles. The molecule has 228 valence electrons. The number of rotatable bonds is 19. The topological polar surface area (TPSA) is 133 Å². The smallest absolute Gasteiger partial charge is 0.377 e. The van der Waals surface area contributed by atoms with Gasteiger partial charge in [0.2, 0.25) is 11.8 Å². The number of para-hydroxylation sites is 1. The molecular weight excluding hydrogens is 563 g/mol. The molecule has 42 heavy (non-hydrogen) atoms. The van der Waals surface area contributed by atoms with Gasteiger partial charge in [-0.3, -0.25) is 18.6 Å². The van der Waals surface area contributed by atoms with E-state index in [9.17, 15) is 14.2 Å². The average Bonchev–Trinajstić information content (AvgIpc) is 2.98. The molecule has 0 radical (unpaired) electrons. The number of anilines is 1. The fraction of sp³-hybridized carbons (Fsp3) is 0.467. The summed E-state index contributed by atoms with van der Waals surface area (Å²) in [5.41, 5.74) is 3.57. The van der Waals surface area contributed by atoms with Crippen LogP contribution in [0.1, 0.15) is 42.4 Å². The van der Waals surface area contributed by atoms with Crippen molar-refractivity contribution >= 4 is 25.3 Å². The maximum absolute atomic E-state index is 13.2. The van der Waals surface area contributed by atoms with E-state index in [-0.39, 0.29) is 25.0 Å². The minimum absolute atomic E-state index is 0.0119. The Kier molecular flexibility index (Phi) is 14.7. The van der Waals surface area contributed by atoms with Gasteiger partial charge in [-0.25, -0.2) is 4.57 Å². The fourth-order valence-corrected chi connectivity index (χ4v) is 4.47. The molecule has 0 saturated heterocycles. The Bertz CT molecular complexity index is 1260. The standard InChI is InChI=1S/C30H39N2O9P/c1-37-42(35,36)41-23-22-40-21-20-39-19-18-38-17-16-31-29(33)12-6-7-13-30(34)32-24-27-10-3-2-8-25(27)14-15-26-9-4-5-11-28(26)32/h2-5,8-11H,6-7,12-13,16-24H2,1H3,(H,31,33)(H,35,36). The second-order valence-electron chi connectivity index (χ2n) is 9.28. The maximum atomic E-state index is 13.2. The zero-order valence-corrected chi connectivity index (χ0v) is 24.8. The summed E-state index contributed by atoms with van der Waals surface area (Å²) in [6.45, 7) is 2.69. The zero-order valence-electron chi connectivity index (χ0n) is 23.9. The summed E-state index contributed by atoms with van der Waals surface area (Å²) >= 11 is 0. The molecule has 12 heteroatoms. The minimum atomic E-state index is -3.97. The van der Waals surface area contributed by atoms with Gasteiger partial charge in [0, 0.05) is 37.6 Å². The lowest BCUT2D eigenvalue weighted by atomic mass is 10.0. The van der Waals surface area contributed by atoms with Gasteiger partial charge in [0.15, 0.2) is 0 Å². The summed E-state index contributed by atoms with van der Waals surface area (Å²) in [6.07, 6.45) is 1.90. The second-order valence-corrected chi connectivity index (χ2v) is 10.8. The molecule has 0 spiro atoms. The molecule has 11 nitrogen and oxygen atoms in total. The van der Waals surface area contributed by atoms with Crippen molar-refractivity contribution < 1.29 is 42.3 Å². The molecule has 1 atom stereocenters. The quantitative estimate of drug-likeness (QED) is 0.141. The number of hydrogen-bond acceptors (Lipinski definition) is 8. The second kappa shape index (κ2) is 18.5. The number of hydrogen-bond donors (Lipinski definition) is 2. The van der Waals surface area contributed by atoms with Crippen LogP contribution >= 0.6 is 7.82 Å². The Morgan fingerprint density at radius 3 is 2.19 bits per heavy atom. The van der Waals surface area contributed by atoms with Gasteiger partial charge in [0.25, 0.3) is 0 Å². The van der Waals surface area contributed by atoms with E-state index in [1.165, 1.54) is 0 Å². The molecule has 1 heterocycles. The first kappa shape index (κ1) is 33.4. The predicted octanol–water partition coefficient (Wildman–Crippen LogP) is 3.42. The molecule has 0 aliphatic carbocycles. The van der Waals surface area contributed by atoms with Crippen molar-refractivity contribution in [2.24, 2.45) is 0 Å². The number of amides is 2. The highest BCUT2D eigenvalue weighted by Crippen LogP contribution is 2.41. The molecule has 0 bridgehead atoms. The van der Waals surface area contributed by atoms with Crippen LogP contribution in [-0.4, -0.2) is 76.6 Å². The van der Waals surface area contributed by atoms with Gasteiger partial charge in [-0.15, -0.1) is 0 Å². The van der Waals surface area contributed by atoms with Gasteiger partial charge in [-0.2, -0.15) is 0 Å². The summed E-state index contributed by atoms with van der Waals surface area (Å²) < 4.78 is 36.0. The number of carbonyl (C=O) groups is 2. The van der Waals surface area contributed by atoms with Gasteiger partial charge in [0.05, 0.1) is 58.5 Å². The Balaban J connectivity index is 1.22. The van der Waals surface area contributed by atoms with Crippen LogP contribution in [0.3, 0.4) is 0 Å². The lowest BCUT2D eigenvalue weighted by Gasteiger charge is -2.26. The molecule has 1 aliphatic rings. The van der Waals surface area contributed by atoms with Crippen LogP contribution in [-0.2, 0) is 44.0 Å². The highest BCUT2D eigenvalue weighted by atomic mass is 31.2. The molecule has 1 unspecified atom stereocenters. The Hall–Kier alpha value is -3.07. The first-order valence-electron chi connectivity index (χ1n) is 13.9. The average molecular weight is 603 g/mol. The molecule has 2 N–H and O–H groups in total. The van der Waals surface area contributed by atoms with Crippen LogP contribution in [0.5, 0.6) is 0 Å². The van der Waals surface area contributed by atoms with Crippen LogP contribution in [0.25, 0.3) is 0 Å². The van der Waals surface area contributed by atoms with Crippen LogP contribution in [0.4, 0.5) is 5.69 Å². The van der Waals surface area contributed by atoms with Gasteiger partial charge in [-0.1, -0.05) is 42.2 Å². The zero-order chi connectivity index (χ0) is 30.0. The number of ether oxygens (including phenoxy) is 3. The lowest BCUT2D eigenvalue weighted by Crippen LogP contribution is -2.31. The van der Waals surface area contributed by atoms with Crippen LogP contribution in [0.2, 0.25) is 0 Å². The molecule has 2 amide bonds. The number of nitrogens with one attached hydrogen (secondary N) is 1. The van der Waals surface area contributed by atoms with E-state index >= 15 is 0 Å². The Labute approximate surface area is 247 Å². The number of benzene rings is 2. The molecule has 0 saturated carbocycles. The highest BCUT2D eigenvalue weighted by Gasteiger charge is 2.21. The first-order valence-corrected chi connectivity index (χ1v) is 15.4. The summed E-state index contributed by atoms with van der Waals surface area (Å²) in [5.74, 6) is 6.36. The third-order valence-electron chi connectivity index (χ3n) is 6.24. The number of fused-ring (bicyclic) bond motifs is 2. The van der Waals surface area contributed by atoms with Gasteiger partial charge in [0.1, 0.15) is 0 Å². The number of carbonyl (C=O) groups excluding carboxylic acids is 2. The van der Waals surface area contributed by atoms with Gasteiger partial charge in [-0.05, 0) is 36.6 Å². The Morgan fingerprint density at radius 2 is 1.45 bits per heavy atom. The molecule has 0 fully saturated rings. The van der Waals surface area contributed by atoms with E-state index in [2.05, 4.69) is 26.2 Å². The molecule has 2 aromatic rings. The number of phosphoric ester groups is 1. The number of nitrogens with zero attached hydrogens (tertiary/aromatic N) is 1. The van der Waals surface area contributed by atoms with Gasteiger partial charge < -0.3 is 29.3 Å². The highest BCUT2D eigenvalue weighted by molar-refractivity contribution is 7.47. The summed E-state index contributed by atoms with van der Waals surface area (Å²) in [6, 6.07) is 15.6. The van der Waals surface area contributed by atoms with Crippen molar-refractivity contribution in [1.29, 1.82) is 0 Å². The SMILES string of the molecule is COP(=O)(O)OCCOCCOCCOCCNC(=O)CCCCC(=O)N1Cc2ccccc2C#Cc2ccccc21. The third kappa shape index (κ3) is 12.0. The molecule has 3 rings (SSSR count). The number of phosphoric acid groups is 1. The van der Waals surface area contributed by atoms with Crippen LogP contribution in [0.15, 0.2) is 48.5 Å².